The van der Waals surface area contributed by atoms with Gasteiger partial charge in [-0.15, -0.1) is 0 Å². The van der Waals surface area contributed by atoms with Crippen molar-refractivity contribution < 1.29 is 19.8 Å². The Bertz CT molecular complexity index is 301. The van der Waals surface area contributed by atoms with Crippen LogP contribution >= 0.6 is 0 Å². The van der Waals surface area contributed by atoms with Crippen molar-refractivity contribution in [3.05, 3.63) is 0 Å². The van der Waals surface area contributed by atoms with Crippen LogP contribution in [0.4, 0.5) is 0 Å². The van der Waals surface area contributed by atoms with Gasteiger partial charge in [-0.3, -0.25) is 0 Å². The minimum Gasteiger partial charge on any atom is -0.480 e. The summed E-state index contributed by atoms with van der Waals surface area (Å²) in [7, 11) is 0. The van der Waals surface area contributed by atoms with Crippen LogP contribution < -0.4 is 0 Å². The first-order valence-electron chi connectivity index (χ1n) is 5.13. The molecule has 0 rings (SSSR count). The van der Waals surface area contributed by atoms with Gasteiger partial charge in [-0.25, -0.2) is 9.59 Å². The average Bonchev–Trinajstić information content (AvgIpc) is 2.16. The first-order valence-corrected chi connectivity index (χ1v) is 5.13. The maximum Gasteiger partial charge on any atom is 0.333 e. The largest absolute Gasteiger partial charge is 0.480 e. The van der Waals surface area contributed by atoms with Crippen LogP contribution in [0.15, 0.2) is 10.2 Å². The Labute approximate surface area is 94.4 Å². The van der Waals surface area contributed by atoms with Gasteiger partial charge in [-0.05, 0) is 19.3 Å². The van der Waals surface area contributed by atoms with Gasteiger partial charge >= 0.3 is 11.9 Å². The summed E-state index contributed by atoms with van der Waals surface area (Å²) in [5, 5.41) is 25.1. The van der Waals surface area contributed by atoms with Gasteiger partial charge in [0, 0.05) is 0 Å². The predicted molar refractivity (Wildman–Crippen MR) is 57.4 cm³/mol. The highest BCUT2D eigenvalue weighted by Crippen LogP contribution is 2.22. The van der Waals surface area contributed by atoms with Gasteiger partial charge < -0.3 is 10.2 Å². The van der Waals surface area contributed by atoms with Gasteiger partial charge in [-0.2, -0.15) is 10.2 Å². The number of nitrogens with zero attached hydrogens (tertiary/aromatic N) is 2. The molecule has 0 heterocycles. The first kappa shape index (κ1) is 14.5. The minimum absolute atomic E-state index is 0.264. The lowest BCUT2D eigenvalue weighted by atomic mass is 9.90. The first-order chi connectivity index (χ1) is 7.25. The monoisotopic (exact) mass is 230 g/mol. The summed E-state index contributed by atoms with van der Waals surface area (Å²) in [6.45, 7) is 6.49. The summed E-state index contributed by atoms with van der Waals surface area (Å²) in [5.41, 5.74) is -1.37. The number of aliphatic carboxylic acids is 2. The fraction of sp³-hybridized carbons (Fsp3) is 0.800. The van der Waals surface area contributed by atoms with Crippen molar-refractivity contribution >= 4 is 11.9 Å². The molecular weight excluding hydrogens is 212 g/mol. The van der Waals surface area contributed by atoms with E-state index >= 15 is 0 Å². The van der Waals surface area contributed by atoms with Gasteiger partial charge in [0.1, 0.15) is 0 Å². The van der Waals surface area contributed by atoms with Crippen LogP contribution in [0.25, 0.3) is 0 Å². The average molecular weight is 230 g/mol. The Kier molecular flexibility index (Phi) is 5.07. The van der Waals surface area contributed by atoms with Crippen molar-refractivity contribution in [2.75, 3.05) is 0 Å². The second-order valence-corrected chi connectivity index (χ2v) is 4.09. The quantitative estimate of drug-likeness (QED) is 0.679. The molecule has 0 aromatic carbocycles. The predicted octanol–water partition coefficient (Wildman–Crippen LogP) is 1.80. The zero-order chi connectivity index (χ0) is 12.9. The Balaban J connectivity index is 4.96. The maximum atomic E-state index is 11.0. The van der Waals surface area contributed by atoms with Crippen LogP contribution in [0.3, 0.4) is 0 Å². The Morgan fingerprint density at radius 3 is 2.06 bits per heavy atom. The van der Waals surface area contributed by atoms with Crippen LogP contribution in [0, 0.1) is 5.92 Å². The fourth-order valence-corrected chi connectivity index (χ4v) is 0.900. The van der Waals surface area contributed by atoms with Crippen molar-refractivity contribution in [3.8, 4) is 0 Å². The molecular formula is C10H18N2O4. The van der Waals surface area contributed by atoms with Crippen LogP contribution in [-0.4, -0.2) is 33.7 Å². The minimum atomic E-state index is -1.37. The molecule has 0 spiro atoms. The van der Waals surface area contributed by atoms with E-state index in [1.807, 2.05) is 0 Å². The molecule has 0 aliphatic heterocycles. The van der Waals surface area contributed by atoms with Crippen LogP contribution in [-0.2, 0) is 9.59 Å². The standard InChI is InChI=1S/C10H18N2O4/c1-5-7(8(13)14)11-12-10(4,6(2)3)9(15)16/h6-7H,5H2,1-4H3,(H,13,14)(H,15,16). The molecule has 2 unspecified atom stereocenters. The Hall–Kier alpha value is -1.46. The zero-order valence-corrected chi connectivity index (χ0v) is 9.97. The molecule has 92 valence electrons. The molecule has 0 bridgehead atoms. The number of rotatable bonds is 6. The highest BCUT2D eigenvalue weighted by Gasteiger charge is 2.37. The number of hydrogen-bond donors (Lipinski definition) is 2. The van der Waals surface area contributed by atoms with E-state index in [0.29, 0.717) is 0 Å². The summed E-state index contributed by atoms with van der Waals surface area (Å²) >= 11 is 0. The number of carboxylic acids is 2. The summed E-state index contributed by atoms with van der Waals surface area (Å²) in [6, 6.07) is -0.975. The van der Waals surface area contributed by atoms with Crippen molar-refractivity contribution in [1.29, 1.82) is 0 Å². The number of carbonyl (C=O) groups is 2. The summed E-state index contributed by atoms with van der Waals surface area (Å²) in [4.78, 5) is 21.7. The van der Waals surface area contributed by atoms with Crippen LogP contribution in [0.2, 0.25) is 0 Å². The molecule has 2 N–H and O–H groups in total. The van der Waals surface area contributed by atoms with E-state index in [0.717, 1.165) is 0 Å². The molecule has 2 atom stereocenters. The molecule has 0 saturated carbocycles. The second-order valence-electron chi connectivity index (χ2n) is 4.09. The Morgan fingerprint density at radius 2 is 1.81 bits per heavy atom. The summed E-state index contributed by atoms with van der Waals surface area (Å²) in [6.07, 6.45) is 0.284. The van der Waals surface area contributed by atoms with Crippen molar-refractivity contribution in [2.24, 2.45) is 16.1 Å². The molecule has 0 aliphatic rings. The van der Waals surface area contributed by atoms with E-state index in [4.69, 9.17) is 10.2 Å². The van der Waals surface area contributed by atoms with E-state index in [9.17, 15) is 9.59 Å². The van der Waals surface area contributed by atoms with Crippen LogP contribution in [0.1, 0.15) is 34.1 Å². The lowest BCUT2D eigenvalue weighted by molar-refractivity contribution is -0.145. The van der Waals surface area contributed by atoms with Crippen molar-refractivity contribution in [1.82, 2.24) is 0 Å². The number of azo groups is 1. The molecule has 0 amide bonds. The van der Waals surface area contributed by atoms with Gasteiger partial charge in [0.2, 0.25) is 0 Å². The highest BCUT2D eigenvalue weighted by atomic mass is 16.4. The molecule has 0 radical (unpaired) electrons. The molecule has 6 nitrogen and oxygen atoms in total. The van der Waals surface area contributed by atoms with E-state index in [1.54, 1.807) is 20.8 Å². The molecule has 0 aromatic rings. The van der Waals surface area contributed by atoms with Gasteiger partial charge in [0.25, 0.3) is 0 Å². The Morgan fingerprint density at radius 1 is 1.31 bits per heavy atom. The third-order valence-corrected chi connectivity index (χ3v) is 2.63. The van der Waals surface area contributed by atoms with Crippen molar-refractivity contribution in [2.45, 2.75) is 45.7 Å². The van der Waals surface area contributed by atoms with E-state index in [2.05, 4.69) is 10.2 Å². The van der Waals surface area contributed by atoms with Gasteiger partial charge in [0.05, 0.1) is 0 Å². The SMILES string of the molecule is CCC(N=NC(C)(C(=O)O)C(C)C)C(=O)O. The lowest BCUT2D eigenvalue weighted by Gasteiger charge is -2.23. The molecule has 0 aliphatic carbocycles. The molecule has 0 aromatic heterocycles. The maximum absolute atomic E-state index is 11.0. The normalized spacial score (nSPS) is 17.3. The molecule has 6 heteroatoms. The smallest absolute Gasteiger partial charge is 0.333 e. The number of hydrogen-bond acceptors (Lipinski definition) is 4. The van der Waals surface area contributed by atoms with E-state index < -0.39 is 23.5 Å². The lowest BCUT2D eigenvalue weighted by Crippen LogP contribution is -2.38. The van der Waals surface area contributed by atoms with Crippen LogP contribution in [0.5, 0.6) is 0 Å². The summed E-state index contributed by atoms with van der Waals surface area (Å²) in [5.74, 6) is -2.46. The fourth-order valence-electron chi connectivity index (χ4n) is 0.900. The highest BCUT2D eigenvalue weighted by molar-refractivity contribution is 5.78. The van der Waals surface area contributed by atoms with E-state index in [1.165, 1.54) is 6.92 Å². The summed E-state index contributed by atoms with van der Waals surface area (Å²) < 4.78 is 0. The molecule has 0 saturated heterocycles. The van der Waals surface area contributed by atoms with Gasteiger partial charge in [0.15, 0.2) is 11.6 Å². The molecule has 16 heavy (non-hydrogen) atoms. The third-order valence-electron chi connectivity index (χ3n) is 2.63. The van der Waals surface area contributed by atoms with Crippen molar-refractivity contribution in [3.63, 3.8) is 0 Å². The van der Waals surface area contributed by atoms with E-state index in [-0.39, 0.29) is 12.3 Å². The third kappa shape index (κ3) is 3.29. The topological polar surface area (TPSA) is 99.3 Å². The van der Waals surface area contributed by atoms with Gasteiger partial charge in [-0.1, -0.05) is 20.8 Å². The molecule has 0 fully saturated rings. The zero-order valence-electron chi connectivity index (χ0n) is 9.97. The number of carboxylic acid groups (broad SMARTS) is 2. The second kappa shape index (κ2) is 5.58.